The third-order valence-electron chi connectivity index (χ3n) is 3.92. The van der Waals surface area contributed by atoms with E-state index in [1.165, 1.54) is 10.9 Å². The van der Waals surface area contributed by atoms with Gasteiger partial charge in [0.2, 0.25) is 0 Å². The van der Waals surface area contributed by atoms with Gasteiger partial charge in [-0.3, -0.25) is 9.97 Å². The van der Waals surface area contributed by atoms with Crippen molar-refractivity contribution in [3.05, 3.63) is 83.7 Å². The minimum atomic E-state index is 0. The zero-order valence-corrected chi connectivity index (χ0v) is 15.8. The number of fused-ring (bicyclic) bond motifs is 2. The Bertz CT molecular complexity index is 979. The van der Waals surface area contributed by atoms with Gasteiger partial charge in [0.15, 0.2) is 0 Å². The maximum Gasteiger partial charge on any atom is 0.0734 e. The Morgan fingerprint density at radius 1 is 0.826 bits per heavy atom. The normalized spacial score (nSPS) is 10.7. The van der Waals surface area contributed by atoms with Crippen molar-refractivity contribution in [3.63, 3.8) is 0 Å². The van der Waals surface area contributed by atoms with E-state index in [0.717, 1.165) is 34.2 Å². The van der Waals surface area contributed by atoms with Crippen molar-refractivity contribution in [2.75, 3.05) is 0 Å². The van der Waals surface area contributed by atoms with E-state index in [9.17, 15) is 0 Å². The average Bonchev–Trinajstić information content (AvgIpc) is 2.56. The number of nitrogens with zero attached hydrogens (tertiary/aromatic N) is 2. The summed E-state index contributed by atoms with van der Waals surface area (Å²) in [5.74, 6) is 0. The molecule has 4 rings (SSSR count). The van der Waals surface area contributed by atoms with Crippen LogP contribution in [-0.4, -0.2) is 9.97 Å². The maximum atomic E-state index is 4.80. The quantitative estimate of drug-likeness (QED) is 0.485. The summed E-state index contributed by atoms with van der Waals surface area (Å²) in [5, 5.41) is 2.30. The second-order valence-corrected chi connectivity index (χ2v) is 5.54. The van der Waals surface area contributed by atoms with E-state index >= 15 is 0 Å². The Morgan fingerprint density at radius 2 is 1.57 bits per heavy atom. The molecule has 109 valence electrons. The molecule has 1 radical (unpaired) electrons. The molecular weight excluding hydrogens is 357 g/mol. The van der Waals surface area contributed by atoms with E-state index in [-0.39, 0.29) is 32.7 Å². The van der Waals surface area contributed by atoms with Crippen LogP contribution in [0.5, 0.6) is 0 Å². The predicted molar refractivity (Wildman–Crippen MR) is 89.9 cm³/mol. The molecule has 2 aromatic carbocycles. The molecule has 2 heterocycles. The molecule has 0 saturated carbocycles. The van der Waals surface area contributed by atoms with Crippen LogP contribution in [0, 0.1) is 13.0 Å². The van der Waals surface area contributed by atoms with E-state index < -0.39 is 0 Å². The van der Waals surface area contributed by atoms with Gasteiger partial charge in [0.1, 0.15) is 0 Å². The van der Waals surface area contributed by atoms with Crippen molar-refractivity contribution in [1.82, 2.24) is 9.97 Å². The van der Waals surface area contributed by atoms with Gasteiger partial charge in [-0.2, -0.15) is 24.3 Å². The summed E-state index contributed by atoms with van der Waals surface area (Å²) in [6.07, 6.45) is 0.739. The summed E-state index contributed by atoms with van der Waals surface area (Å²) < 4.78 is 0. The molecule has 0 spiro atoms. The molecule has 23 heavy (non-hydrogen) atoms. The molecule has 0 atom stereocenters. The second-order valence-electron chi connectivity index (χ2n) is 5.54. The molecule has 4 aromatic rings. The Balaban J connectivity index is 0.00000156. The van der Waals surface area contributed by atoms with Crippen LogP contribution in [0.25, 0.3) is 21.8 Å². The van der Waals surface area contributed by atoms with Gasteiger partial charge in [-0.25, -0.2) is 0 Å². The second kappa shape index (κ2) is 6.86. The molecule has 0 unspecified atom stereocenters. The van der Waals surface area contributed by atoms with Crippen molar-refractivity contribution >= 4 is 21.8 Å². The van der Waals surface area contributed by atoms with Gasteiger partial charge in [-0.05, 0) is 24.1 Å². The molecule has 0 amide bonds. The summed E-state index contributed by atoms with van der Waals surface area (Å²) in [6.45, 7) is 2.10. The Hall–Kier alpha value is -1.64. The minimum Gasteiger partial charge on any atom is -0.279 e. The first kappa shape index (κ1) is 16.2. The Kier molecular flexibility index (Phi) is 4.84. The maximum absolute atomic E-state index is 4.80. The van der Waals surface area contributed by atoms with Crippen molar-refractivity contribution in [2.45, 2.75) is 13.3 Å². The average molecular weight is 372 g/mol. The van der Waals surface area contributed by atoms with Gasteiger partial charge in [-0.1, -0.05) is 30.3 Å². The minimum absolute atomic E-state index is 0. The largest absolute Gasteiger partial charge is 0.279 e. The number of rotatable bonds is 2. The zero-order valence-electron chi connectivity index (χ0n) is 13.0. The first-order chi connectivity index (χ1) is 10.8. The van der Waals surface area contributed by atoms with Crippen molar-refractivity contribution < 1.29 is 32.7 Å². The van der Waals surface area contributed by atoms with E-state index in [0.29, 0.717) is 0 Å². The van der Waals surface area contributed by atoms with Gasteiger partial charge in [0.05, 0.1) is 5.52 Å². The molecule has 0 saturated heterocycles. The van der Waals surface area contributed by atoms with Crippen molar-refractivity contribution in [2.24, 2.45) is 0 Å². The van der Waals surface area contributed by atoms with Gasteiger partial charge < -0.3 is 0 Å². The number of aryl methyl sites for hydroxylation is 1. The monoisotopic (exact) mass is 372 g/mol. The van der Waals surface area contributed by atoms with Crippen LogP contribution in [0.2, 0.25) is 0 Å². The van der Waals surface area contributed by atoms with Crippen LogP contribution >= 0.6 is 0 Å². The number of benzene rings is 2. The van der Waals surface area contributed by atoms with Crippen LogP contribution in [-0.2, 0) is 39.1 Å². The SMILES string of the molecule is Cc1cccc2ccc(Cc3ccc4ccc[c-]c4n3)nc12.[Y]. The third-order valence-corrected chi connectivity index (χ3v) is 3.92. The van der Waals surface area contributed by atoms with Gasteiger partial charge in [-0.15, -0.1) is 11.5 Å². The Labute approximate surface area is 160 Å². The third kappa shape index (κ3) is 3.34. The summed E-state index contributed by atoms with van der Waals surface area (Å²) in [5.41, 5.74) is 5.27. The first-order valence-corrected chi connectivity index (χ1v) is 7.41. The summed E-state index contributed by atoms with van der Waals surface area (Å²) in [7, 11) is 0. The first-order valence-electron chi connectivity index (χ1n) is 7.41. The summed E-state index contributed by atoms with van der Waals surface area (Å²) in [6, 6.07) is 23.8. The van der Waals surface area contributed by atoms with Crippen LogP contribution < -0.4 is 0 Å². The molecule has 2 aromatic heterocycles. The Morgan fingerprint density at radius 3 is 2.43 bits per heavy atom. The van der Waals surface area contributed by atoms with Crippen LogP contribution in [0.15, 0.2) is 60.7 Å². The van der Waals surface area contributed by atoms with Crippen molar-refractivity contribution in [3.8, 4) is 0 Å². The molecule has 0 fully saturated rings. The van der Waals surface area contributed by atoms with E-state index in [1.54, 1.807) is 0 Å². The molecule has 3 heteroatoms. The molecule has 0 bridgehead atoms. The van der Waals surface area contributed by atoms with Crippen LogP contribution in [0.4, 0.5) is 0 Å². The van der Waals surface area contributed by atoms with E-state index in [2.05, 4.69) is 66.5 Å². The van der Waals surface area contributed by atoms with E-state index in [1.807, 2.05) is 12.1 Å². The number of aromatic nitrogens is 2. The summed E-state index contributed by atoms with van der Waals surface area (Å²) >= 11 is 0. The van der Waals surface area contributed by atoms with Crippen LogP contribution in [0.1, 0.15) is 17.0 Å². The molecule has 0 N–H and O–H groups in total. The molecule has 0 aliphatic carbocycles. The standard InChI is InChI=1S/C20H15N2.Y/c1-14-5-4-7-16-10-12-18(22-20(14)16)13-17-11-9-15-6-2-3-8-19(15)21-17;/h2-7,9-12H,13H2,1H3;/q-1;. The van der Waals surface area contributed by atoms with Gasteiger partial charge >= 0.3 is 0 Å². The van der Waals surface area contributed by atoms with Crippen LogP contribution in [0.3, 0.4) is 0 Å². The molecular formula is C20H15N2Y-. The fourth-order valence-electron chi connectivity index (χ4n) is 2.76. The smallest absolute Gasteiger partial charge is 0.0734 e. The fraction of sp³-hybridized carbons (Fsp3) is 0.100. The summed E-state index contributed by atoms with van der Waals surface area (Å²) in [4.78, 5) is 9.48. The predicted octanol–water partition coefficient (Wildman–Crippen LogP) is 4.48. The molecule has 0 aliphatic heterocycles. The number of para-hydroxylation sites is 2. The topological polar surface area (TPSA) is 25.8 Å². The number of hydrogen-bond acceptors (Lipinski definition) is 2. The van der Waals surface area contributed by atoms with Crippen molar-refractivity contribution in [1.29, 1.82) is 0 Å². The van der Waals surface area contributed by atoms with E-state index in [4.69, 9.17) is 4.98 Å². The number of hydrogen-bond donors (Lipinski definition) is 0. The molecule has 2 nitrogen and oxygen atoms in total. The zero-order chi connectivity index (χ0) is 14.9. The molecule has 0 aliphatic rings. The van der Waals surface area contributed by atoms with Gasteiger partial charge in [0, 0.05) is 55.9 Å². The van der Waals surface area contributed by atoms with Gasteiger partial charge in [0.25, 0.3) is 0 Å². The fourth-order valence-corrected chi connectivity index (χ4v) is 2.76. The number of pyridine rings is 2.